The molecule has 2 rings (SSSR count). The van der Waals surface area contributed by atoms with Crippen molar-refractivity contribution in [2.24, 2.45) is 0 Å². The van der Waals surface area contributed by atoms with Crippen LogP contribution in [0.4, 0.5) is 11.8 Å². The molecule has 0 amide bonds. The molecule has 0 aromatic carbocycles. The maximum atomic E-state index is 5.76. The van der Waals surface area contributed by atoms with Gasteiger partial charge < -0.3 is 11.1 Å². The van der Waals surface area contributed by atoms with E-state index >= 15 is 0 Å². The van der Waals surface area contributed by atoms with Crippen LogP contribution in [-0.4, -0.2) is 21.5 Å². The molecule has 0 aliphatic heterocycles. The monoisotopic (exact) mass is 189 g/mol. The molecule has 14 heavy (non-hydrogen) atoms. The van der Waals surface area contributed by atoms with Crippen molar-refractivity contribution in [3.63, 3.8) is 0 Å². The van der Waals surface area contributed by atoms with Crippen molar-refractivity contribution in [1.82, 2.24) is 15.0 Å². The Morgan fingerprint density at radius 3 is 3.07 bits per heavy atom. The van der Waals surface area contributed by atoms with Gasteiger partial charge in [0.15, 0.2) is 5.65 Å². The number of nitrogens with zero attached hydrogens (tertiary/aromatic N) is 3. The lowest BCUT2D eigenvalue weighted by molar-refractivity contribution is 1.10. The Morgan fingerprint density at radius 1 is 1.43 bits per heavy atom. The lowest BCUT2D eigenvalue weighted by atomic mass is 10.3. The summed E-state index contributed by atoms with van der Waals surface area (Å²) in [6.45, 7) is 2.74. The van der Waals surface area contributed by atoms with Crippen molar-refractivity contribution < 1.29 is 0 Å². The molecule has 0 fully saturated rings. The molecule has 0 atom stereocenters. The zero-order valence-corrected chi connectivity index (χ0v) is 7.86. The van der Waals surface area contributed by atoms with E-state index < -0.39 is 0 Å². The highest BCUT2D eigenvalue weighted by molar-refractivity contribution is 5.85. The van der Waals surface area contributed by atoms with Crippen LogP contribution >= 0.6 is 0 Å². The van der Waals surface area contributed by atoms with Crippen molar-refractivity contribution in [3.8, 4) is 0 Å². The van der Waals surface area contributed by atoms with Crippen molar-refractivity contribution in [2.45, 2.75) is 6.92 Å². The average molecular weight is 189 g/mol. The van der Waals surface area contributed by atoms with Crippen LogP contribution in [-0.2, 0) is 0 Å². The first-order valence-electron chi connectivity index (χ1n) is 4.43. The van der Waals surface area contributed by atoms with Crippen LogP contribution in [0, 0.1) is 0 Å². The molecule has 0 aliphatic rings. The summed E-state index contributed by atoms with van der Waals surface area (Å²) < 4.78 is 0. The van der Waals surface area contributed by atoms with Crippen molar-refractivity contribution >= 4 is 22.8 Å². The number of nitrogens with two attached hydrogens (primary N) is 1. The maximum Gasteiger partial charge on any atom is 0.226 e. The van der Waals surface area contributed by atoms with E-state index in [0.29, 0.717) is 17.4 Å². The third-order valence-electron chi connectivity index (χ3n) is 1.84. The molecule has 5 nitrogen and oxygen atoms in total. The summed E-state index contributed by atoms with van der Waals surface area (Å²) in [5.41, 5.74) is 6.38. The van der Waals surface area contributed by atoms with Crippen LogP contribution in [0.15, 0.2) is 18.3 Å². The second-order valence-electron chi connectivity index (χ2n) is 2.84. The summed E-state index contributed by atoms with van der Waals surface area (Å²) >= 11 is 0. The first kappa shape index (κ1) is 8.68. The molecule has 0 spiro atoms. The van der Waals surface area contributed by atoms with Gasteiger partial charge in [0.25, 0.3) is 0 Å². The van der Waals surface area contributed by atoms with E-state index in [4.69, 9.17) is 5.73 Å². The van der Waals surface area contributed by atoms with E-state index in [9.17, 15) is 0 Å². The van der Waals surface area contributed by atoms with Gasteiger partial charge in [0.05, 0.1) is 5.39 Å². The highest BCUT2D eigenvalue weighted by atomic mass is 15.1. The quantitative estimate of drug-likeness (QED) is 0.738. The Morgan fingerprint density at radius 2 is 2.29 bits per heavy atom. The number of anilines is 2. The fourth-order valence-electron chi connectivity index (χ4n) is 1.22. The number of hydrogen-bond acceptors (Lipinski definition) is 5. The summed E-state index contributed by atoms with van der Waals surface area (Å²) in [6, 6.07) is 3.67. The molecule has 0 bridgehead atoms. The topological polar surface area (TPSA) is 76.7 Å². The lowest BCUT2D eigenvalue weighted by Gasteiger charge is -2.04. The Balaban J connectivity index is 2.60. The number of aromatic nitrogens is 3. The van der Waals surface area contributed by atoms with E-state index in [1.54, 1.807) is 6.20 Å². The Bertz CT molecular complexity index is 454. The summed E-state index contributed by atoms with van der Waals surface area (Å²) in [7, 11) is 0. The zero-order chi connectivity index (χ0) is 9.97. The van der Waals surface area contributed by atoms with E-state index in [1.165, 1.54) is 0 Å². The number of rotatable bonds is 2. The first-order valence-corrected chi connectivity index (χ1v) is 4.43. The van der Waals surface area contributed by atoms with Gasteiger partial charge in [-0.05, 0) is 19.1 Å². The third kappa shape index (κ3) is 1.44. The van der Waals surface area contributed by atoms with Gasteiger partial charge in [0.2, 0.25) is 5.95 Å². The number of pyridine rings is 1. The van der Waals surface area contributed by atoms with Gasteiger partial charge >= 0.3 is 0 Å². The van der Waals surface area contributed by atoms with Crippen LogP contribution in [0.25, 0.3) is 11.0 Å². The summed E-state index contributed by atoms with van der Waals surface area (Å²) in [5, 5.41) is 3.78. The fraction of sp³-hybridized carbons (Fsp3) is 0.222. The minimum Gasteiger partial charge on any atom is -0.383 e. The van der Waals surface area contributed by atoms with Crippen LogP contribution in [0.1, 0.15) is 6.92 Å². The molecule has 0 aliphatic carbocycles. The van der Waals surface area contributed by atoms with E-state index in [1.807, 2.05) is 19.1 Å². The van der Waals surface area contributed by atoms with E-state index in [-0.39, 0.29) is 0 Å². The molecule has 2 aromatic heterocycles. The normalized spacial score (nSPS) is 10.4. The first-order chi connectivity index (χ1) is 6.81. The van der Waals surface area contributed by atoms with Crippen LogP contribution < -0.4 is 11.1 Å². The standard InChI is InChI=1S/C9H11N5/c1-2-11-9-13-7(10)6-4-3-5-12-8(6)14-9/h3-5H,2H2,1H3,(H3,10,11,12,13,14). The zero-order valence-electron chi connectivity index (χ0n) is 7.86. The largest absolute Gasteiger partial charge is 0.383 e. The summed E-state index contributed by atoms with van der Waals surface area (Å²) in [5.74, 6) is 0.982. The number of hydrogen-bond donors (Lipinski definition) is 2. The van der Waals surface area contributed by atoms with Crippen LogP contribution in [0.3, 0.4) is 0 Å². The molecule has 3 N–H and O–H groups in total. The maximum absolute atomic E-state index is 5.76. The van der Waals surface area contributed by atoms with Gasteiger partial charge in [-0.3, -0.25) is 0 Å². The SMILES string of the molecule is CCNc1nc(N)c2cccnc2n1. The van der Waals surface area contributed by atoms with Crippen LogP contribution in [0.2, 0.25) is 0 Å². The predicted octanol–water partition coefficient (Wildman–Crippen LogP) is 1.04. The molecule has 2 heterocycles. The summed E-state index contributed by atoms with van der Waals surface area (Å²) in [6.07, 6.45) is 1.69. The second-order valence-corrected chi connectivity index (χ2v) is 2.84. The molecule has 0 unspecified atom stereocenters. The number of fused-ring (bicyclic) bond motifs is 1. The minimum atomic E-state index is 0.457. The molecular formula is C9H11N5. The molecule has 5 heteroatoms. The number of nitrogen functional groups attached to an aromatic ring is 1. The van der Waals surface area contributed by atoms with E-state index in [0.717, 1.165) is 11.9 Å². The van der Waals surface area contributed by atoms with Gasteiger partial charge in [-0.25, -0.2) is 4.98 Å². The average Bonchev–Trinajstić information content (AvgIpc) is 2.18. The van der Waals surface area contributed by atoms with Gasteiger partial charge in [0, 0.05) is 12.7 Å². The molecule has 0 saturated carbocycles. The fourth-order valence-corrected chi connectivity index (χ4v) is 1.22. The highest BCUT2D eigenvalue weighted by Crippen LogP contribution is 2.16. The molecule has 2 aromatic rings. The van der Waals surface area contributed by atoms with Crippen molar-refractivity contribution in [2.75, 3.05) is 17.6 Å². The number of nitrogens with one attached hydrogen (secondary N) is 1. The molecule has 72 valence electrons. The van der Waals surface area contributed by atoms with Gasteiger partial charge in [-0.2, -0.15) is 9.97 Å². The van der Waals surface area contributed by atoms with Gasteiger partial charge in [-0.15, -0.1) is 0 Å². The molecule has 0 radical (unpaired) electrons. The van der Waals surface area contributed by atoms with Gasteiger partial charge in [-0.1, -0.05) is 0 Å². The Hall–Kier alpha value is -1.91. The van der Waals surface area contributed by atoms with E-state index in [2.05, 4.69) is 20.3 Å². The summed E-state index contributed by atoms with van der Waals surface area (Å²) in [4.78, 5) is 12.4. The van der Waals surface area contributed by atoms with Crippen molar-refractivity contribution in [3.05, 3.63) is 18.3 Å². The predicted molar refractivity (Wildman–Crippen MR) is 55.9 cm³/mol. The third-order valence-corrected chi connectivity index (χ3v) is 1.84. The second kappa shape index (κ2) is 3.45. The Kier molecular flexibility index (Phi) is 2.14. The lowest BCUT2D eigenvalue weighted by Crippen LogP contribution is -2.05. The molecular weight excluding hydrogens is 178 g/mol. The Labute approximate surface area is 81.4 Å². The van der Waals surface area contributed by atoms with Crippen LogP contribution in [0.5, 0.6) is 0 Å². The molecule has 0 saturated heterocycles. The van der Waals surface area contributed by atoms with Gasteiger partial charge in [0.1, 0.15) is 5.82 Å². The minimum absolute atomic E-state index is 0.457. The highest BCUT2D eigenvalue weighted by Gasteiger charge is 2.03. The smallest absolute Gasteiger partial charge is 0.226 e. The van der Waals surface area contributed by atoms with Crippen molar-refractivity contribution in [1.29, 1.82) is 0 Å².